The number of imide groups is 2. The Balaban J connectivity index is 1.46. The standard InChI is InChI=1S/C20H20N6O5/c1-21-12-5-3-4-11(8-12)18-23-16(31-24-18)10-25(2)14-9-17(28)26(20(14)30)13-6-7-15(27)22-19(13)29/h3-5,8-9,13,21H,6-7,10H2,1-2H3,(H,22,27,29). The molecule has 11 heteroatoms. The van der Waals surface area contributed by atoms with Crippen LogP contribution >= 0.6 is 0 Å². The third-order valence-corrected chi connectivity index (χ3v) is 5.12. The number of aromatic nitrogens is 2. The number of benzene rings is 1. The van der Waals surface area contributed by atoms with Gasteiger partial charge in [-0.15, -0.1) is 0 Å². The molecule has 0 radical (unpaired) electrons. The summed E-state index contributed by atoms with van der Waals surface area (Å²) < 4.78 is 5.30. The molecule has 1 saturated heterocycles. The minimum atomic E-state index is -1.01. The first-order valence-electron chi connectivity index (χ1n) is 9.62. The zero-order valence-electron chi connectivity index (χ0n) is 16.9. The molecule has 2 N–H and O–H groups in total. The van der Waals surface area contributed by atoms with Crippen molar-refractivity contribution in [3.63, 3.8) is 0 Å². The lowest BCUT2D eigenvalue weighted by molar-refractivity contribution is -0.150. The normalized spacial score (nSPS) is 18.8. The largest absolute Gasteiger partial charge is 0.388 e. The monoisotopic (exact) mass is 424 g/mol. The van der Waals surface area contributed by atoms with Gasteiger partial charge in [-0.2, -0.15) is 4.98 Å². The first-order chi connectivity index (χ1) is 14.9. The van der Waals surface area contributed by atoms with Crippen molar-refractivity contribution in [2.45, 2.75) is 25.4 Å². The van der Waals surface area contributed by atoms with Gasteiger partial charge in [-0.1, -0.05) is 17.3 Å². The van der Waals surface area contributed by atoms with Crippen LogP contribution in [-0.2, 0) is 25.7 Å². The number of anilines is 1. The molecule has 1 unspecified atom stereocenters. The fourth-order valence-corrected chi connectivity index (χ4v) is 3.51. The Bertz CT molecular complexity index is 1110. The molecule has 0 aliphatic carbocycles. The van der Waals surface area contributed by atoms with Gasteiger partial charge in [0.25, 0.3) is 11.8 Å². The number of hydrogen-bond acceptors (Lipinski definition) is 9. The van der Waals surface area contributed by atoms with E-state index in [1.54, 1.807) is 14.1 Å². The number of rotatable bonds is 6. The van der Waals surface area contributed by atoms with Crippen LogP contribution in [0, 0.1) is 0 Å². The fraction of sp³-hybridized carbons (Fsp3) is 0.300. The lowest BCUT2D eigenvalue weighted by atomic mass is 10.0. The van der Waals surface area contributed by atoms with Gasteiger partial charge in [-0.3, -0.25) is 29.4 Å². The number of carbonyl (C=O) groups excluding carboxylic acids is 4. The van der Waals surface area contributed by atoms with Crippen molar-refractivity contribution >= 4 is 29.3 Å². The van der Waals surface area contributed by atoms with Crippen molar-refractivity contribution < 1.29 is 23.7 Å². The molecule has 3 heterocycles. The first-order valence-corrected chi connectivity index (χ1v) is 9.62. The third-order valence-electron chi connectivity index (χ3n) is 5.12. The Kier molecular flexibility index (Phi) is 5.24. The Morgan fingerprint density at radius 3 is 2.84 bits per heavy atom. The van der Waals surface area contributed by atoms with E-state index in [1.165, 1.54) is 11.0 Å². The molecule has 0 bridgehead atoms. The van der Waals surface area contributed by atoms with Crippen LogP contribution in [0.3, 0.4) is 0 Å². The maximum atomic E-state index is 12.8. The molecular formula is C20H20N6O5. The molecule has 11 nitrogen and oxygen atoms in total. The maximum absolute atomic E-state index is 12.8. The van der Waals surface area contributed by atoms with E-state index in [0.717, 1.165) is 16.2 Å². The van der Waals surface area contributed by atoms with Crippen molar-refractivity contribution in [3.8, 4) is 11.4 Å². The van der Waals surface area contributed by atoms with Gasteiger partial charge in [0.05, 0.1) is 6.54 Å². The van der Waals surface area contributed by atoms with Crippen LogP contribution in [0.5, 0.6) is 0 Å². The average molecular weight is 424 g/mol. The van der Waals surface area contributed by atoms with Crippen molar-refractivity contribution in [3.05, 3.63) is 41.9 Å². The zero-order valence-corrected chi connectivity index (χ0v) is 16.9. The van der Waals surface area contributed by atoms with Crippen LogP contribution < -0.4 is 10.6 Å². The molecule has 4 rings (SSSR count). The van der Waals surface area contributed by atoms with Gasteiger partial charge < -0.3 is 14.7 Å². The van der Waals surface area contributed by atoms with Crippen LogP contribution in [0.1, 0.15) is 18.7 Å². The molecule has 1 atom stereocenters. The number of nitrogens with zero attached hydrogens (tertiary/aromatic N) is 4. The Morgan fingerprint density at radius 1 is 1.29 bits per heavy atom. The minimum absolute atomic E-state index is 0.0676. The highest BCUT2D eigenvalue weighted by atomic mass is 16.5. The summed E-state index contributed by atoms with van der Waals surface area (Å²) in [5.74, 6) is -1.62. The molecule has 2 aliphatic heterocycles. The van der Waals surface area contributed by atoms with Crippen LogP contribution in [0.2, 0.25) is 0 Å². The van der Waals surface area contributed by atoms with Gasteiger partial charge in [-0.25, -0.2) is 0 Å². The summed E-state index contributed by atoms with van der Waals surface area (Å²) in [5.41, 5.74) is 1.77. The Morgan fingerprint density at radius 2 is 2.10 bits per heavy atom. The predicted molar refractivity (Wildman–Crippen MR) is 107 cm³/mol. The number of nitrogens with one attached hydrogen (secondary N) is 2. The summed E-state index contributed by atoms with van der Waals surface area (Å²) in [6, 6.07) is 6.48. The van der Waals surface area contributed by atoms with Crippen LogP contribution in [0.4, 0.5) is 5.69 Å². The molecule has 4 amide bonds. The zero-order chi connectivity index (χ0) is 22.1. The van der Waals surface area contributed by atoms with Crippen LogP contribution in [-0.4, -0.2) is 63.7 Å². The lowest BCUT2D eigenvalue weighted by Crippen LogP contribution is -2.54. The second-order valence-corrected chi connectivity index (χ2v) is 7.21. The molecule has 1 aromatic carbocycles. The molecule has 31 heavy (non-hydrogen) atoms. The van der Waals surface area contributed by atoms with Crippen molar-refractivity contribution in [1.29, 1.82) is 0 Å². The second-order valence-electron chi connectivity index (χ2n) is 7.21. The number of carbonyl (C=O) groups is 4. The third kappa shape index (κ3) is 3.89. The minimum Gasteiger partial charge on any atom is -0.388 e. The highest BCUT2D eigenvalue weighted by molar-refractivity contribution is 6.18. The van der Waals surface area contributed by atoms with Gasteiger partial charge in [0.1, 0.15) is 11.7 Å². The number of hydrogen-bond donors (Lipinski definition) is 2. The molecular weight excluding hydrogens is 404 g/mol. The highest BCUT2D eigenvalue weighted by Gasteiger charge is 2.43. The van der Waals surface area contributed by atoms with E-state index in [1.807, 2.05) is 24.3 Å². The van der Waals surface area contributed by atoms with E-state index >= 15 is 0 Å². The predicted octanol–water partition coefficient (Wildman–Crippen LogP) is 0.268. The van der Waals surface area contributed by atoms with Gasteiger partial charge in [0.2, 0.25) is 23.5 Å². The van der Waals surface area contributed by atoms with E-state index < -0.39 is 29.7 Å². The summed E-state index contributed by atoms with van der Waals surface area (Å²) in [6.45, 7) is 0.0900. The van der Waals surface area contributed by atoms with Crippen molar-refractivity contribution in [1.82, 2.24) is 25.3 Å². The van der Waals surface area contributed by atoms with E-state index in [-0.39, 0.29) is 31.0 Å². The van der Waals surface area contributed by atoms with E-state index in [4.69, 9.17) is 4.52 Å². The van der Waals surface area contributed by atoms with Gasteiger partial charge in [0.15, 0.2) is 0 Å². The SMILES string of the molecule is CNc1cccc(-c2noc(CN(C)C3=CC(=O)N(C4CCC(=O)NC4=O)C3=O)n2)c1. The second kappa shape index (κ2) is 8.01. The summed E-state index contributed by atoms with van der Waals surface area (Å²) in [6.07, 6.45) is 1.34. The summed E-state index contributed by atoms with van der Waals surface area (Å²) in [5, 5.41) is 9.17. The number of likely N-dealkylation sites (N-methyl/N-ethyl adjacent to an activating group) is 1. The summed E-state index contributed by atoms with van der Waals surface area (Å²) >= 11 is 0. The quantitative estimate of drug-likeness (QED) is 0.626. The van der Waals surface area contributed by atoms with Crippen molar-refractivity contribution in [2.75, 3.05) is 19.4 Å². The molecule has 160 valence electrons. The first kappa shape index (κ1) is 20.3. The smallest absolute Gasteiger partial charge is 0.277 e. The van der Waals surface area contributed by atoms with Gasteiger partial charge in [-0.05, 0) is 18.6 Å². The molecule has 2 aromatic rings. The summed E-state index contributed by atoms with van der Waals surface area (Å²) in [7, 11) is 3.41. The Labute approximate surface area is 177 Å². The van der Waals surface area contributed by atoms with Crippen molar-refractivity contribution in [2.24, 2.45) is 0 Å². The molecule has 0 spiro atoms. The van der Waals surface area contributed by atoms with E-state index in [2.05, 4.69) is 20.8 Å². The van der Waals surface area contributed by atoms with E-state index in [0.29, 0.717) is 5.82 Å². The molecule has 1 fully saturated rings. The fourth-order valence-electron chi connectivity index (χ4n) is 3.51. The molecule has 2 aliphatic rings. The average Bonchev–Trinajstić information content (AvgIpc) is 3.33. The summed E-state index contributed by atoms with van der Waals surface area (Å²) in [4.78, 5) is 55.4. The Hall–Kier alpha value is -4.02. The lowest BCUT2D eigenvalue weighted by Gasteiger charge is -2.29. The van der Waals surface area contributed by atoms with Gasteiger partial charge in [0, 0.05) is 37.8 Å². The van der Waals surface area contributed by atoms with Gasteiger partial charge >= 0.3 is 0 Å². The maximum Gasteiger partial charge on any atom is 0.277 e. The molecule has 1 aromatic heterocycles. The van der Waals surface area contributed by atoms with Crippen LogP contribution in [0.25, 0.3) is 11.4 Å². The molecule has 0 saturated carbocycles. The topological polar surface area (TPSA) is 138 Å². The number of amides is 4. The van der Waals surface area contributed by atoms with Crippen LogP contribution in [0.15, 0.2) is 40.6 Å². The highest BCUT2D eigenvalue weighted by Crippen LogP contribution is 2.24. The van der Waals surface area contributed by atoms with E-state index in [9.17, 15) is 19.2 Å². The number of piperidine rings is 1.